The Hall–Kier alpha value is -0.740. The van der Waals surface area contributed by atoms with E-state index in [4.69, 9.17) is 0 Å². The van der Waals surface area contributed by atoms with E-state index in [1.807, 2.05) is 17.9 Å². The smallest absolute Gasteiger partial charge is 0.149 e. The van der Waals surface area contributed by atoms with Crippen molar-refractivity contribution >= 4 is 17.1 Å². The SMILES string of the molecule is CN(CC(=O)C1CCCC1)Cc1cscn1. The Bertz CT molecular complexity index is 331. The van der Waals surface area contributed by atoms with Crippen LogP contribution in [0.25, 0.3) is 0 Å². The van der Waals surface area contributed by atoms with E-state index in [-0.39, 0.29) is 0 Å². The van der Waals surface area contributed by atoms with Crippen molar-refractivity contribution in [1.29, 1.82) is 0 Å². The van der Waals surface area contributed by atoms with E-state index in [0.717, 1.165) is 25.1 Å². The maximum Gasteiger partial charge on any atom is 0.149 e. The molecule has 3 nitrogen and oxygen atoms in total. The summed E-state index contributed by atoms with van der Waals surface area (Å²) >= 11 is 1.60. The van der Waals surface area contributed by atoms with Gasteiger partial charge in [0.25, 0.3) is 0 Å². The van der Waals surface area contributed by atoms with Gasteiger partial charge in [-0.2, -0.15) is 0 Å². The number of hydrogen-bond acceptors (Lipinski definition) is 4. The van der Waals surface area contributed by atoms with E-state index in [2.05, 4.69) is 9.88 Å². The van der Waals surface area contributed by atoms with Crippen molar-refractivity contribution in [1.82, 2.24) is 9.88 Å². The molecule has 1 aliphatic carbocycles. The van der Waals surface area contributed by atoms with E-state index < -0.39 is 0 Å². The average molecular weight is 238 g/mol. The lowest BCUT2D eigenvalue weighted by Crippen LogP contribution is -2.29. The van der Waals surface area contributed by atoms with Gasteiger partial charge in [-0.15, -0.1) is 11.3 Å². The fourth-order valence-electron chi connectivity index (χ4n) is 2.29. The van der Waals surface area contributed by atoms with Gasteiger partial charge < -0.3 is 0 Å². The first-order chi connectivity index (χ1) is 7.75. The van der Waals surface area contributed by atoms with Crippen LogP contribution in [-0.4, -0.2) is 29.3 Å². The Labute approximate surface area is 100 Å². The molecule has 2 rings (SSSR count). The summed E-state index contributed by atoms with van der Waals surface area (Å²) < 4.78 is 0. The van der Waals surface area contributed by atoms with Crippen molar-refractivity contribution in [2.75, 3.05) is 13.6 Å². The van der Waals surface area contributed by atoms with Crippen LogP contribution in [0.1, 0.15) is 31.4 Å². The zero-order valence-corrected chi connectivity index (χ0v) is 10.5. The second kappa shape index (κ2) is 5.55. The standard InChI is InChI=1S/C12H18N2OS/c1-14(6-11-8-16-9-13-11)7-12(15)10-4-2-3-5-10/h8-10H,2-7H2,1H3. The minimum Gasteiger partial charge on any atom is -0.298 e. The van der Waals surface area contributed by atoms with Crippen LogP contribution in [0.2, 0.25) is 0 Å². The molecule has 0 unspecified atom stereocenters. The van der Waals surface area contributed by atoms with Gasteiger partial charge >= 0.3 is 0 Å². The van der Waals surface area contributed by atoms with Crippen molar-refractivity contribution < 1.29 is 4.79 Å². The van der Waals surface area contributed by atoms with Crippen LogP contribution in [-0.2, 0) is 11.3 Å². The van der Waals surface area contributed by atoms with E-state index in [1.165, 1.54) is 12.8 Å². The second-order valence-electron chi connectivity index (χ2n) is 4.60. The summed E-state index contributed by atoms with van der Waals surface area (Å²) in [6.45, 7) is 1.35. The fraction of sp³-hybridized carbons (Fsp3) is 0.667. The van der Waals surface area contributed by atoms with Gasteiger partial charge in [0.15, 0.2) is 0 Å². The quantitative estimate of drug-likeness (QED) is 0.789. The lowest BCUT2D eigenvalue weighted by Gasteiger charge is -2.16. The lowest BCUT2D eigenvalue weighted by molar-refractivity contribution is -0.123. The van der Waals surface area contributed by atoms with Crippen LogP contribution in [0.4, 0.5) is 0 Å². The molecule has 0 saturated heterocycles. The highest BCUT2D eigenvalue weighted by molar-refractivity contribution is 7.07. The van der Waals surface area contributed by atoms with Gasteiger partial charge in [-0.1, -0.05) is 12.8 Å². The molecular formula is C12H18N2OS. The van der Waals surface area contributed by atoms with Crippen LogP contribution in [0.15, 0.2) is 10.9 Å². The van der Waals surface area contributed by atoms with E-state index in [1.54, 1.807) is 11.3 Å². The van der Waals surface area contributed by atoms with Crippen LogP contribution < -0.4 is 0 Å². The zero-order chi connectivity index (χ0) is 11.4. The van der Waals surface area contributed by atoms with Gasteiger partial charge in [0.05, 0.1) is 17.7 Å². The van der Waals surface area contributed by atoms with Crippen molar-refractivity contribution in [2.45, 2.75) is 32.2 Å². The Morgan fingerprint density at radius 2 is 2.31 bits per heavy atom. The predicted molar refractivity (Wildman–Crippen MR) is 65.4 cm³/mol. The third-order valence-electron chi connectivity index (χ3n) is 3.15. The van der Waals surface area contributed by atoms with Gasteiger partial charge in [0.1, 0.15) is 5.78 Å². The molecule has 0 aromatic carbocycles. The molecule has 0 radical (unpaired) electrons. The summed E-state index contributed by atoms with van der Waals surface area (Å²) in [5.74, 6) is 0.744. The van der Waals surface area contributed by atoms with Gasteiger partial charge in [-0.25, -0.2) is 4.98 Å². The van der Waals surface area contributed by atoms with Crippen LogP contribution in [0.3, 0.4) is 0 Å². The van der Waals surface area contributed by atoms with Crippen LogP contribution in [0.5, 0.6) is 0 Å². The molecule has 16 heavy (non-hydrogen) atoms. The molecule has 0 amide bonds. The van der Waals surface area contributed by atoms with Gasteiger partial charge in [0, 0.05) is 17.8 Å². The molecule has 0 aliphatic heterocycles. The van der Waals surface area contributed by atoms with E-state index in [0.29, 0.717) is 18.2 Å². The second-order valence-corrected chi connectivity index (χ2v) is 5.32. The Kier molecular flexibility index (Phi) is 4.07. The number of Topliss-reactive ketones (excluding diaryl/α,β-unsaturated/α-hetero) is 1. The summed E-state index contributed by atoms with van der Waals surface area (Å²) in [5.41, 5.74) is 2.90. The molecule has 4 heteroatoms. The Morgan fingerprint density at radius 1 is 1.56 bits per heavy atom. The minimum absolute atomic E-state index is 0.331. The number of nitrogens with zero attached hydrogens (tertiary/aromatic N) is 2. The molecule has 0 bridgehead atoms. The third-order valence-corrected chi connectivity index (χ3v) is 3.79. The van der Waals surface area contributed by atoms with E-state index in [9.17, 15) is 4.79 Å². The molecule has 88 valence electrons. The maximum absolute atomic E-state index is 11.9. The van der Waals surface area contributed by atoms with Crippen LogP contribution >= 0.6 is 11.3 Å². The van der Waals surface area contributed by atoms with Crippen molar-refractivity contribution in [3.05, 3.63) is 16.6 Å². The fourth-order valence-corrected chi connectivity index (χ4v) is 2.84. The first-order valence-corrected chi connectivity index (χ1v) is 6.78. The zero-order valence-electron chi connectivity index (χ0n) is 9.69. The molecule has 1 aromatic rings. The van der Waals surface area contributed by atoms with E-state index >= 15 is 0 Å². The minimum atomic E-state index is 0.331. The number of likely N-dealkylation sites (N-methyl/N-ethyl adjacent to an activating group) is 1. The number of thiazole rings is 1. The van der Waals surface area contributed by atoms with Gasteiger partial charge in [0.2, 0.25) is 0 Å². The number of carbonyl (C=O) groups is 1. The molecule has 0 atom stereocenters. The molecular weight excluding hydrogens is 220 g/mol. The number of rotatable bonds is 5. The van der Waals surface area contributed by atoms with Crippen molar-refractivity contribution in [3.63, 3.8) is 0 Å². The number of carbonyl (C=O) groups excluding carboxylic acids is 1. The van der Waals surface area contributed by atoms with Gasteiger partial charge in [-0.05, 0) is 19.9 Å². The maximum atomic E-state index is 11.9. The molecule has 1 fully saturated rings. The summed E-state index contributed by atoms with van der Waals surface area (Å²) in [6, 6.07) is 0. The average Bonchev–Trinajstić information content (AvgIpc) is 2.88. The predicted octanol–water partition coefficient (Wildman–Crippen LogP) is 2.33. The Morgan fingerprint density at radius 3 is 2.94 bits per heavy atom. The third kappa shape index (κ3) is 3.12. The molecule has 0 N–H and O–H groups in total. The van der Waals surface area contributed by atoms with Gasteiger partial charge in [-0.3, -0.25) is 9.69 Å². The molecule has 1 aliphatic rings. The monoisotopic (exact) mass is 238 g/mol. The highest BCUT2D eigenvalue weighted by Crippen LogP contribution is 2.25. The van der Waals surface area contributed by atoms with Crippen molar-refractivity contribution in [2.24, 2.45) is 5.92 Å². The number of hydrogen-bond donors (Lipinski definition) is 0. The highest BCUT2D eigenvalue weighted by atomic mass is 32.1. The molecule has 1 aromatic heterocycles. The molecule has 1 heterocycles. The van der Waals surface area contributed by atoms with Crippen molar-refractivity contribution in [3.8, 4) is 0 Å². The first kappa shape index (κ1) is 11.7. The van der Waals surface area contributed by atoms with Crippen LogP contribution in [0, 0.1) is 5.92 Å². The number of aromatic nitrogens is 1. The Balaban J connectivity index is 1.78. The number of ketones is 1. The first-order valence-electron chi connectivity index (χ1n) is 5.84. The normalized spacial score (nSPS) is 17.1. The summed E-state index contributed by atoms with van der Waals surface area (Å²) in [4.78, 5) is 18.2. The molecule has 0 spiro atoms. The highest BCUT2D eigenvalue weighted by Gasteiger charge is 2.23. The topological polar surface area (TPSA) is 33.2 Å². The summed E-state index contributed by atoms with van der Waals surface area (Å²) in [7, 11) is 1.99. The lowest BCUT2D eigenvalue weighted by atomic mass is 10.0. The molecule has 1 saturated carbocycles. The summed E-state index contributed by atoms with van der Waals surface area (Å²) in [6.07, 6.45) is 4.66. The largest absolute Gasteiger partial charge is 0.298 e. The summed E-state index contributed by atoms with van der Waals surface area (Å²) in [5, 5.41) is 2.04.